The van der Waals surface area contributed by atoms with Gasteiger partial charge in [-0.05, 0) is 0 Å². The summed E-state index contributed by atoms with van der Waals surface area (Å²) < 4.78 is 17.9. The SMILES string of the molecule is COC(=O)N(C)C(=O)C(OP(=O)(O)O)=C(Cl)Cl. The largest absolute Gasteiger partial charge is 0.525 e. The van der Waals surface area contributed by atoms with E-state index in [1.54, 1.807) is 0 Å². The van der Waals surface area contributed by atoms with Gasteiger partial charge in [-0.15, -0.1) is 0 Å². The van der Waals surface area contributed by atoms with Crippen LogP contribution in [0, 0.1) is 0 Å². The summed E-state index contributed by atoms with van der Waals surface area (Å²) in [4.78, 5) is 39.9. The second-order valence-corrected chi connectivity index (χ2v) is 4.62. The smallest absolute Gasteiger partial charge is 0.452 e. The summed E-state index contributed by atoms with van der Waals surface area (Å²) in [6.45, 7) is 0. The number of nitrogens with zero attached hydrogens (tertiary/aromatic N) is 1. The minimum atomic E-state index is -5.03. The van der Waals surface area contributed by atoms with Crippen molar-refractivity contribution in [2.75, 3.05) is 14.2 Å². The maximum atomic E-state index is 11.5. The molecule has 11 heteroatoms. The highest BCUT2D eigenvalue weighted by Gasteiger charge is 2.30. The van der Waals surface area contributed by atoms with E-state index in [9.17, 15) is 14.2 Å². The molecule has 0 aromatic heterocycles. The number of hydrogen-bond acceptors (Lipinski definition) is 5. The number of ether oxygens (including phenoxy) is 1. The van der Waals surface area contributed by atoms with E-state index in [4.69, 9.17) is 33.0 Å². The van der Waals surface area contributed by atoms with Crippen LogP contribution >= 0.6 is 31.0 Å². The van der Waals surface area contributed by atoms with Crippen LogP contribution in [-0.2, 0) is 18.6 Å². The molecule has 0 saturated heterocycles. The zero-order valence-corrected chi connectivity index (χ0v) is 11.0. The fourth-order valence-corrected chi connectivity index (χ4v) is 1.40. The molecule has 0 radical (unpaired) electrons. The number of carbonyl (C=O) groups is 2. The molecule has 0 aliphatic heterocycles. The molecular weight excluding hydrogens is 300 g/mol. The lowest BCUT2D eigenvalue weighted by Gasteiger charge is -2.16. The van der Waals surface area contributed by atoms with Gasteiger partial charge in [0.25, 0.3) is 0 Å². The number of carbonyl (C=O) groups excluding carboxylic acids is 2. The molecule has 0 aromatic carbocycles. The number of amides is 2. The summed E-state index contributed by atoms with van der Waals surface area (Å²) >= 11 is 10.4. The zero-order chi connectivity index (χ0) is 13.8. The van der Waals surface area contributed by atoms with Gasteiger partial charge in [-0.25, -0.2) is 14.3 Å². The summed E-state index contributed by atoms with van der Waals surface area (Å²) in [7, 11) is -3.05. The van der Waals surface area contributed by atoms with Gasteiger partial charge in [-0.2, -0.15) is 0 Å². The quantitative estimate of drug-likeness (QED) is 0.453. The molecule has 0 spiro atoms. The molecule has 0 atom stereocenters. The Morgan fingerprint density at radius 2 is 1.76 bits per heavy atom. The molecule has 0 fully saturated rings. The lowest BCUT2D eigenvalue weighted by Crippen LogP contribution is -2.34. The highest BCUT2D eigenvalue weighted by Crippen LogP contribution is 2.41. The first-order chi connectivity index (χ1) is 7.60. The molecule has 98 valence electrons. The van der Waals surface area contributed by atoms with Gasteiger partial charge in [0.15, 0.2) is 4.49 Å². The van der Waals surface area contributed by atoms with Gasteiger partial charge in [0.1, 0.15) is 0 Å². The molecule has 0 heterocycles. The van der Waals surface area contributed by atoms with Gasteiger partial charge >= 0.3 is 19.8 Å². The first kappa shape index (κ1) is 16.2. The van der Waals surface area contributed by atoms with Crippen LogP contribution in [0.3, 0.4) is 0 Å². The van der Waals surface area contributed by atoms with E-state index in [-0.39, 0.29) is 0 Å². The van der Waals surface area contributed by atoms with Crippen molar-refractivity contribution in [3.63, 3.8) is 0 Å². The van der Waals surface area contributed by atoms with Crippen molar-refractivity contribution in [3.8, 4) is 0 Å². The Labute approximate surface area is 106 Å². The Morgan fingerprint density at radius 3 is 2.06 bits per heavy atom. The van der Waals surface area contributed by atoms with Crippen LogP contribution in [0.4, 0.5) is 4.79 Å². The van der Waals surface area contributed by atoms with Crippen molar-refractivity contribution in [3.05, 3.63) is 10.3 Å². The highest BCUT2D eigenvalue weighted by atomic mass is 35.5. The van der Waals surface area contributed by atoms with E-state index in [0.717, 1.165) is 14.2 Å². The average Bonchev–Trinajstić information content (AvgIpc) is 2.21. The Balaban J connectivity index is 5.14. The van der Waals surface area contributed by atoms with Crippen LogP contribution in [-0.4, -0.2) is 40.8 Å². The lowest BCUT2D eigenvalue weighted by atomic mass is 10.5. The minimum Gasteiger partial charge on any atom is -0.452 e. The lowest BCUT2D eigenvalue weighted by molar-refractivity contribution is -0.126. The maximum Gasteiger partial charge on any atom is 0.525 e. The third kappa shape index (κ3) is 5.38. The molecular formula is C6H8Cl2NO7P. The van der Waals surface area contributed by atoms with E-state index in [1.807, 2.05) is 0 Å². The summed E-state index contributed by atoms with van der Waals surface area (Å²) in [6, 6.07) is 0. The molecule has 0 saturated carbocycles. The van der Waals surface area contributed by atoms with Gasteiger partial charge < -0.3 is 9.26 Å². The number of rotatable bonds is 3. The van der Waals surface area contributed by atoms with Crippen LogP contribution in [0.25, 0.3) is 0 Å². The highest BCUT2D eigenvalue weighted by molar-refractivity contribution is 7.46. The zero-order valence-electron chi connectivity index (χ0n) is 8.59. The van der Waals surface area contributed by atoms with Crippen molar-refractivity contribution < 1.29 is 33.2 Å². The number of phosphoric acid groups is 1. The van der Waals surface area contributed by atoms with Crippen LogP contribution in [0.5, 0.6) is 0 Å². The molecule has 0 aromatic rings. The number of imide groups is 1. The van der Waals surface area contributed by atoms with Crippen molar-refractivity contribution in [2.24, 2.45) is 0 Å². The Kier molecular flexibility index (Phi) is 5.94. The standard InChI is InChI=1S/C6H8Cl2NO7P/c1-9(6(11)15-2)5(10)3(4(7)8)16-17(12,13)14/h1-2H3,(H2,12,13,14). The Morgan fingerprint density at radius 1 is 1.29 bits per heavy atom. The van der Waals surface area contributed by atoms with Gasteiger partial charge in [0.05, 0.1) is 7.11 Å². The first-order valence-electron chi connectivity index (χ1n) is 3.76. The summed E-state index contributed by atoms with van der Waals surface area (Å²) in [5.74, 6) is -2.32. The van der Waals surface area contributed by atoms with Crippen molar-refractivity contribution in [1.82, 2.24) is 4.90 Å². The number of methoxy groups -OCH3 is 1. The molecule has 0 aliphatic carbocycles. The predicted octanol–water partition coefficient (Wildman–Crippen LogP) is 0.967. The van der Waals surface area contributed by atoms with Gasteiger partial charge in [-0.1, -0.05) is 23.2 Å². The molecule has 0 bridgehead atoms. The second kappa shape index (κ2) is 6.23. The van der Waals surface area contributed by atoms with E-state index >= 15 is 0 Å². The predicted molar refractivity (Wildman–Crippen MR) is 57.0 cm³/mol. The monoisotopic (exact) mass is 307 g/mol. The van der Waals surface area contributed by atoms with E-state index < -0.39 is 30.1 Å². The molecule has 0 rings (SSSR count). The summed E-state index contributed by atoms with van der Waals surface area (Å²) in [6.07, 6.45) is -1.09. The van der Waals surface area contributed by atoms with Gasteiger partial charge in [-0.3, -0.25) is 14.6 Å². The second-order valence-electron chi connectivity index (χ2n) is 2.51. The maximum absolute atomic E-state index is 11.5. The van der Waals surface area contributed by atoms with E-state index in [0.29, 0.717) is 4.90 Å². The van der Waals surface area contributed by atoms with Crippen LogP contribution in [0.15, 0.2) is 10.3 Å². The Hall–Kier alpha value is -0.790. The van der Waals surface area contributed by atoms with Gasteiger partial charge in [0, 0.05) is 7.05 Å². The summed E-state index contributed by atoms with van der Waals surface area (Å²) in [5, 5.41) is 0. The number of likely N-dealkylation sites (N-methyl/N-ethyl adjacent to an activating group) is 1. The fraction of sp³-hybridized carbons (Fsp3) is 0.333. The third-order valence-electron chi connectivity index (χ3n) is 1.33. The average molecular weight is 308 g/mol. The number of halogens is 2. The molecule has 2 amide bonds. The third-order valence-corrected chi connectivity index (χ3v) is 2.09. The molecule has 2 N–H and O–H groups in total. The van der Waals surface area contributed by atoms with Crippen LogP contribution in [0.2, 0.25) is 0 Å². The van der Waals surface area contributed by atoms with Crippen LogP contribution < -0.4 is 0 Å². The minimum absolute atomic E-state index is 0.371. The van der Waals surface area contributed by atoms with Gasteiger partial charge in [0.2, 0.25) is 5.76 Å². The fourth-order valence-electron chi connectivity index (χ4n) is 0.645. The normalized spacial score (nSPS) is 10.5. The van der Waals surface area contributed by atoms with Crippen LogP contribution in [0.1, 0.15) is 0 Å². The number of phosphoric ester groups is 1. The van der Waals surface area contributed by atoms with E-state index in [2.05, 4.69) is 9.26 Å². The topological polar surface area (TPSA) is 113 Å². The molecule has 17 heavy (non-hydrogen) atoms. The van der Waals surface area contributed by atoms with Crippen molar-refractivity contribution in [1.29, 1.82) is 0 Å². The van der Waals surface area contributed by atoms with E-state index in [1.165, 1.54) is 0 Å². The molecule has 8 nitrogen and oxygen atoms in total. The summed E-state index contributed by atoms with van der Waals surface area (Å²) in [5.41, 5.74) is 0. The Bertz CT molecular complexity index is 399. The van der Waals surface area contributed by atoms with Crippen molar-refractivity contribution in [2.45, 2.75) is 0 Å². The molecule has 0 unspecified atom stereocenters. The molecule has 0 aliphatic rings. The van der Waals surface area contributed by atoms with Crippen molar-refractivity contribution >= 4 is 43.0 Å². The number of hydrogen-bond donors (Lipinski definition) is 2. The first-order valence-corrected chi connectivity index (χ1v) is 6.05.